The first-order chi connectivity index (χ1) is 13.0. The zero-order valence-electron chi connectivity index (χ0n) is 14.0. The predicted molar refractivity (Wildman–Crippen MR) is 104 cm³/mol. The molecule has 0 aliphatic carbocycles. The third-order valence-electron chi connectivity index (χ3n) is 3.94. The van der Waals surface area contributed by atoms with Crippen LogP contribution in [-0.4, -0.2) is 33.1 Å². The number of aromatic nitrogens is 2. The van der Waals surface area contributed by atoms with Gasteiger partial charge in [-0.1, -0.05) is 35.3 Å². The smallest absolute Gasteiger partial charge is 0.152 e. The number of aliphatic hydroxyl groups is 1. The Bertz CT molecular complexity index is 898. The van der Waals surface area contributed by atoms with Crippen LogP contribution in [0.3, 0.4) is 0 Å². The van der Waals surface area contributed by atoms with Gasteiger partial charge in [-0.15, -0.1) is 10.2 Å². The van der Waals surface area contributed by atoms with Gasteiger partial charge in [0.2, 0.25) is 0 Å². The molecule has 8 heteroatoms. The van der Waals surface area contributed by atoms with Gasteiger partial charge in [0.25, 0.3) is 0 Å². The summed E-state index contributed by atoms with van der Waals surface area (Å²) in [5.74, 6) is -0.000977. The third kappa shape index (κ3) is 4.86. The zero-order chi connectivity index (χ0) is 19.4. The minimum atomic E-state index is -0.303. The topological polar surface area (TPSA) is 78.3 Å². The number of halogens is 3. The van der Waals surface area contributed by atoms with Crippen molar-refractivity contribution in [2.24, 2.45) is 0 Å². The molecule has 0 bridgehead atoms. The average molecular weight is 408 g/mol. The fraction of sp³-hybridized carbons (Fsp3) is 0.158. The summed E-state index contributed by atoms with van der Waals surface area (Å²) in [6, 6.07) is 12.3. The lowest BCUT2D eigenvalue weighted by molar-refractivity contribution is 0.273. The van der Waals surface area contributed by atoms with Crippen molar-refractivity contribution in [3.8, 4) is 17.0 Å². The number of hydrogen-bond acceptors (Lipinski definition) is 5. The molecule has 3 aromatic rings. The van der Waals surface area contributed by atoms with Gasteiger partial charge in [0.15, 0.2) is 5.75 Å². The Balaban J connectivity index is 1.71. The van der Waals surface area contributed by atoms with Crippen LogP contribution in [0.1, 0.15) is 5.56 Å². The lowest BCUT2D eigenvalue weighted by Gasteiger charge is -2.17. The Labute approximate surface area is 165 Å². The van der Waals surface area contributed by atoms with Crippen molar-refractivity contribution in [3.63, 3.8) is 0 Å². The number of nitrogens with one attached hydrogen (secondary N) is 1. The molecule has 1 aromatic heterocycles. The second kappa shape index (κ2) is 8.52. The highest BCUT2D eigenvalue weighted by atomic mass is 35.5. The van der Waals surface area contributed by atoms with Gasteiger partial charge in [0.05, 0.1) is 28.4 Å². The number of anilines is 1. The standard InChI is InChI=1S/C19H16Cl2FN3O2/c20-15-8-12(9-16(21)19(15)27)17-5-6-18(25-24-17)23-14(10-26)7-11-1-3-13(22)4-2-11/h1-6,8-9,14,26-27H,7,10H2,(H,23,25). The number of hydrogen-bond donors (Lipinski definition) is 3. The second-order valence-corrected chi connectivity index (χ2v) is 6.76. The molecule has 0 saturated heterocycles. The quantitative estimate of drug-likeness (QED) is 0.567. The third-order valence-corrected chi connectivity index (χ3v) is 4.52. The van der Waals surface area contributed by atoms with E-state index in [1.54, 1.807) is 36.4 Å². The minimum absolute atomic E-state index is 0.121. The van der Waals surface area contributed by atoms with E-state index in [9.17, 15) is 14.6 Å². The number of benzene rings is 2. The van der Waals surface area contributed by atoms with Crippen LogP contribution in [0.2, 0.25) is 10.0 Å². The van der Waals surface area contributed by atoms with Gasteiger partial charge >= 0.3 is 0 Å². The van der Waals surface area contributed by atoms with E-state index < -0.39 is 0 Å². The molecule has 1 heterocycles. The molecule has 1 atom stereocenters. The molecule has 0 radical (unpaired) electrons. The maximum Gasteiger partial charge on any atom is 0.152 e. The molecule has 0 saturated carbocycles. The highest BCUT2D eigenvalue weighted by Crippen LogP contribution is 2.35. The van der Waals surface area contributed by atoms with Gasteiger partial charge in [-0.3, -0.25) is 0 Å². The van der Waals surface area contributed by atoms with Crippen LogP contribution in [-0.2, 0) is 6.42 Å². The predicted octanol–water partition coefficient (Wildman–Crippen LogP) is 4.31. The summed E-state index contributed by atoms with van der Waals surface area (Å²) in [6.07, 6.45) is 0.503. The van der Waals surface area contributed by atoms with Gasteiger partial charge in [0, 0.05) is 5.56 Å². The van der Waals surface area contributed by atoms with Gasteiger partial charge < -0.3 is 15.5 Å². The molecule has 3 N–H and O–H groups in total. The molecule has 1 unspecified atom stereocenters. The number of rotatable bonds is 6. The molecular formula is C19H16Cl2FN3O2. The highest BCUT2D eigenvalue weighted by Gasteiger charge is 2.12. The Morgan fingerprint density at radius 1 is 1.00 bits per heavy atom. The van der Waals surface area contributed by atoms with E-state index in [1.807, 2.05) is 0 Å². The average Bonchev–Trinajstić information content (AvgIpc) is 2.67. The maximum atomic E-state index is 13.0. The fourth-order valence-corrected chi connectivity index (χ4v) is 3.04. The first-order valence-electron chi connectivity index (χ1n) is 8.10. The van der Waals surface area contributed by atoms with E-state index in [2.05, 4.69) is 15.5 Å². The lowest BCUT2D eigenvalue weighted by atomic mass is 10.1. The Kier molecular flexibility index (Phi) is 6.11. The minimum Gasteiger partial charge on any atom is -0.505 e. The van der Waals surface area contributed by atoms with E-state index in [0.29, 0.717) is 23.5 Å². The van der Waals surface area contributed by atoms with Crippen LogP contribution in [0.4, 0.5) is 10.2 Å². The van der Waals surface area contributed by atoms with Crippen molar-refractivity contribution in [1.82, 2.24) is 10.2 Å². The van der Waals surface area contributed by atoms with Gasteiger partial charge in [0.1, 0.15) is 11.6 Å². The fourth-order valence-electron chi connectivity index (χ4n) is 2.55. The molecular weight excluding hydrogens is 392 g/mol. The summed E-state index contributed by atoms with van der Waals surface area (Å²) in [4.78, 5) is 0. The van der Waals surface area contributed by atoms with E-state index in [-0.39, 0.29) is 34.3 Å². The van der Waals surface area contributed by atoms with Crippen LogP contribution in [0.25, 0.3) is 11.3 Å². The van der Waals surface area contributed by atoms with E-state index in [0.717, 1.165) is 5.56 Å². The first kappa shape index (κ1) is 19.4. The molecule has 0 spiro atoms. The van der Waals surface area contributed by atoms with Crippen molar-refractivity contribution >= 4 is 29.0 Å². The molecule has 0 aliphatic heterocycles. The summed E-state index contributed by atoms with van der Waals surface area (Å²) < 4.78 is 13.0. The van der Waals surface area contributed by atoms with Crippen LogP contribution in [0.15, 0.2) is 48.5 Å². The number of phenolic OH excluding ortho intramolecular Hbond substituents is 1. The van der Waals surface area contributed by atoms with Gasteiger partial charge in [-0.25, -0.2) is 4.39 Å². The van der Waals surface area contributed by atoms with Crippen LogP contribution in [0.5, 0.6) is 5.75 Å². The van der Waals surface area contributed by atoms with Crippen molar-refractivity contribution in [1.29, 1.82) is 0 Å². The summed E-state index contributed by atoms with van der Waals surface area (Å²) in [7, 11) is 0. The van der Waals surface area contributed by atoms with E-state index >= 15 is 0 Å². The van der Waals surface area contributed by atoms with Crippen LogP contribution < -0.4 is 5.32 Å². The summed E-state index contributed by atoms with van der Waals surface area (Å²) in [5.41, 5.74) is 2.04. The molecule has 2 aromatic carbocycles. The van der Waals surface area contributed by atoms with Gasteiger partial charge in [-0.2, -0.15) is 0 Å². The SMILES string of the molecule is OCC(Cc1ccc(F)cc1)Nc1ccc(-c2cc(Cl)c(O)c(Cl)c2)nn1. The normalized spacial score (nSPS) is 12.0. The number of aliphatic hydroxyl groups excluding tert-OH is 1. The molecule has 140 valence electrons. The largest absolute Gasteiger partial charge is 0.505 e. The van der Waals surface area contributed by atoms with E-state index in [4.69, 9.17) is 23.2 Å². The summed E-state index contributed by atoms with van der Waals surface area (Å²) in [6.45, 7) is -0.121. The van der Waals surface area contributed by atoms with Crippen molar-refractivity contribution < 1.29 is 14.6 Å². The summed E-state index contributed by atoms with van der Waals surface area (Å²) in [5, 5.41) is 30.8. The molecule has 3 rings (SSSR count). The Morgan fingerprint density at radius 3 is 2.22 bits per heavy atom. The number of phenols is 1. The van der Waals surface area contributed by atoms with Crippen molar-refractivity contribution in [2.75, 3.05) is 11.9 Å². The van der Waals surface area contributed by atoms with E-state index in [1.165, 1.54) is 12.1 Å². The molecule has 27 heavy (non-hydrogen) atoms. The molecule has 0 aliphatic rings. The Hall–Kier alpha value is -2.41. The lowest BCUT2D eigenvalue weighted by Crippen LogP contribution is -2.27. The van der Waals surface area contributed by atoms with Gasteiger partial charge in [-0.05, 0) is 48.4 Å². The Morgan fingerprint density at radius 2 is 1.67 bits per heavy atom. The zero-order valence-corrected chi connectivity index (χ0v) is 15.5. The first-order valence-corrected chi connectivity index (χ1v) is 8.86. The highest BCUT2D eigenvalue weighted by molar-refractivity contribution is 6.37. The van der Waals surface area contributed by atoms with Crippen molar-refractivity contribution in [3.05, 3.63) is 70.0 Å². The van der Waals surface area contributed by atoms with Crippen LogP contribution in [0, 0.1) is 5.82 Å². The monoisotopic (exact) mass is 407 g/mol. The van der Waals surface area contributed by atoms with Crippen LogP contribution >= 0.6 is 23.2 Å². The number of aromatic hydroxyl groups is 1. The second-order valence-electron chi connectivity index (χ2n) is 5.95. The summed E-state index contributed by atoms with van der Waals surface area (Å²) >= 11 is 11.9. The molecule has 5 nitrogen and oxygen atoms in total. The molecule has 0 fully saturated rings. The molecule has 0 amide bonds. The number of nitrogens with zero attached hydrogens (tertiary/aromatic N) is 2. The maximum absolute atomic E-state index is 13.0. The van der Waals surface area contributed by atoms with Crippen molar-refractivity contribution in [2.45, 2.75) is 12.5 Å².